The molecule has 2 rings (SSSR count). The molecule has 0 saturated heterocycles. The van der Waals surface area contributed by atoms with E-state index in [0.717, 1.165) is 28.5 Å². The van der Waals surface area contributed by atoms with Gasteiger partial charge in [-0.25, -0.2) is 4.98 Å². The Morgan fingerprint density at radius 2 is 2.24 bits per heavy atom. The van der Waals surface area contributed by atoms with Crippen LogP contribution in [0.4, 0.5) is 0 Å². The number of esters is 1. The van der Waals surface area contributed by atoms with Crippen LogP contribution in [-0.4, -0.2) is 36.4 Å². The van der Waals surface area contributed by atoms with Gasteiger partial charge in [-0.05, 0) is 38.9 Å². The Balaban J connectivity index is 1.85. The highest BCUT2D eigenvalue weighted by Crippen LogP contribution is 2.30. The van der Waals surface area contributed by atoms with Crippen molar-refractivity contribution in [2.24, 2.45) is 0 Å². The van der Waals surface area contributed by atoms with Crippen molar-refractivity contribution in [3.8, 4) is 0 Å². The van der Waals surface area contributed by atoms with Gasteiger partial charge in [-0.15, -0.1) is 11.3 Å². The number of carbonyl (C=O) groups is 1. The standard InChI is InChI=1S/C15H20N2O2S2/c1-15(16-2,13(18)19-3)9-6-10-20-14-17-11-7-4-5-8-12(11)21-14/h4-5,7-8,16H,6,9-10H2,1-3H3. The Bertz CT molecular complexity index is 581. The normalized spacial score (nSPS) is 14.0. The van der Waals surface area contributed by atoms with Crippen LogP contribution < -0.4 is 5.32 Å². The first-order chi connectivity index (χ1) is 10.1. The average Bonchev–Trinajstić information content (AvgIpc) is 2.93. The minimum atomic E-state index is -0.608. The molecule has 0 aliphatic carbocycles. The summed E-state index contributed by atoms with van der Waals surface area (Å²) < 4.78 is 7.14. The van der Waals surface area contributed by atoms with E-state index in [1.54, 1.807) is 30.1 Å². The number of thiazole rings is 1. The summed E-state index contributed by atoms with van der Waals surface area (Å²) >= 11 is 3.46. The van der Waals surface area contributed by atoms with E-state index >= 15 is 0 Å². The van der Waals surface area contributed by atoms with Gasteiger partial charge < -0.3 is 10.1 Å². The number of carbonyl (C=O) groups excluding carboxylic acids is 1. The first-order valence-electron chi connectivity index (χ1n) is 6.85. The van der Waals surface area contributed by atoms with E-state index in [2.05, 4.69) is 16.4 Å². The van der Waals surface area contributed by atoms with Crippen LogP contribution in [0.2, 0.25) is 0 Å². The van der Waals surface area contributed by atoms with Crippen LogP contribution in [0.1, 0.15) is 19.8 Å². The summed E-state index contributed by atoms with van der Waals surface area (Å²) in [6.45, 7) is 1.88. The van der Waals surface area contributed by atoms with Gasteiger partial charge in [-0.2, -0.15) is 0 Å². The Kier molecular flexibility index (Phi) is 5.61. The molecule has 6 heteroatoms. The third-order valence-electron chi connectivity index (χ3n) is 3.51. The molecule has 2 aromatic rings. The van der Waals surface area contributed by atoms with Crippen molar-refractivity contribution in [2.45, 2.75) is 29.6 Å². The lowest BCUT2D eigenvalue weighted by Gasteiger charge is -2.25. The number of aromatic nitrogens is 1. The van der Waals surface area contributed by atoms with E-state index in [9.17, 15) is 4.79 Å². The molecule has 0 amide bonds. The van der Waals surface area contributed by atoms with Gasteiger partial charge in [0.05, 0.1) is 17.3 Å². The molecule has 1 N–H and O–H groups in total. The lowest BCUT2D eigenvalue weighted by atomic mass is 9.97. The summed E-state index contributed by atoms with van der Waals surface area (Å²) in [5, 5.41) is 3.05. The molecule has 0 bridgehead atoms. The van der Waals surface area contributed by atoms with E-state index in [0.29, 0.717) is 0 Å². The van der Waals surface area contributed by atoms with Crippen LogP contribution in [0.5, 0.6) is 0 Å². The first-order valence-corrected chi connectivity index (χ1v) is 8.65. The molecule has 0 saturated carbocycles. The van der Waals surface area contributed by atoms with E-state index in [1.807, 2.05) is 25.1 Å². The lowest BCUT2D eigenvalue weighted by molar-refractivity contribution is -0.148. The number of methoxy groups -OCH3 is 1. The summed E-state index contributed by atoms with van der Waals surface area (Å²) in [6, 6.07) is 8.16. The maximum absolute atomic E-state index is 11.7. The van der Waals surface area contributed by atoms with Crippen LogP contribution in [0.3, 0.4) is 0 Å². The molecule has 0 aliphatic heterocycles. The predicted octanol–water partition coefficient (Wildman–Crippen LogP) is 3.32. The van der Waals surface area contributed by atoms with Gasteiger partial charge in [-0.3, -0.25) is 4.79 Å². The summed E-state index contributed by atoms with van der Waals surface area (Å²) in [4.78, 5) is 16.3. The molecule has 21 heavy (non-hydrogen) atoms. The number of thioether (sulfide) groups is 1. The number of para-hydroxylation sites is 1. The molecule has 1 unspecified atom stereocenters. The molecule has 0 fully saturated rings. The smallest absolute Gasteiger partial charge is 0.325 e. The monoisotopic (exact) mass is 324 g/mol. The van der Waals surface area contributed by atoms with E-state index in [4.69, 9.17) is 4.74 Å². The fraction of sp³-hybridized carbons (Fsp3) is 0.467. The predicted molar refractivity (Wildman–Crippen MR) is 89.1 cm³/mol. The highest BCUT2D eigenvalue weighted by atomic mass is 32.2. The number of ether oxygens (including phenoxy) is 1. The van der Waals surface area contributed by atoms with Gasteiger partial charge in [-0.1, -0.05) is 23.9 Å². The van der Waals surface area contributed by atoms with Gasteiger partial charge >= 0.3 is 5.97 Å². The van der Waals surface area contributed by atoms with Gasteiger partial charge in [0.15, 0.2) is 4.34 Å². The molecule has 0 radical (unpaired) electrons. The number of benzene rings is 1. The van der Waals surface area contributed by atoms with Crippen LogP contribution in [0.15, 0.2) is 28.6 Å². The van der Waals surface area contributed by atoms with Gasteiger partial charge in [0.2, 0.25) is 0 Å². The maximum atomic E-state index is 11.7. The highest BCUT2D eigenvalue weighted by Gasteiger charge is 2.31. The second kappa shape index (κ2) is 7.24. The average molecular weight is 324 g/mol. The van der Waals surface area contributed by atoms with E-state index < -0.39 is 5.54 Å². The quantitative estimate of drug-likeness (QED) is 0.481. The Labute approximate surface area is 133 Å². The molecule has 114 valence electrons. The SMILES string of the molecule is CNC(C)(CCCSc1nc2ccccc2s1)C(=O)OC. The minimum Gasteiger partial charge on any atom is -0.468 e. The van der Waals surface area contributed by atoms with Crippen LogP contribution >= 0.6 is 23.1 Å². The Morgan fingerprint density at radius 3 is 2.90 bits per heavy atom. The Hall–Kier alpha value is -1.11. The zero-order chi connectivity index (χ0) is 15.3. The largest absolute Gasteiger partial charge is 0.468 e. The Morgan fingerprint density at radius 1 is 1.48 bits per heavy atom. The number of likely N-dealkylation sites (N-methyl/N-ethyl adjacent to an activating group) is 1. The van der Waals surface area contributed by atoms with Crippen LogP contribution in [0, 0.1) is 0 Å². The third kappa shape index (κ3) is 3.96. The lowest BCUT2D eigenvalue weighted by Crippen LogP contribution is -2.48. The number of hydrogen-bond acceptors (Lipinski definition) is 6. The van der Waals surface area contributed by atoms with Crippen molar-refractivity contribution in [1.82, 2.24) is 10.3 Å². The van der Waals surface area contributed by atoms with Crippen molar-refractivity contribution in [1.29, 1.82) is 0 Å². The zero-order valence-electron chi connectivity index (χ0n) is 12.5. The second-order valence-corrected chi connectivity index (χ2v) is 7.35. The van der Waals surface area contributed by atoms with Crippen molar-refractivity contribution in [3.63, 3.8) is 0 Å². The van der Waals surface area contributed by atoms with Crippen molar-refractivity contribution < 1.29 is 9.53 Å². The molecule has 1 aromatic carbocycles. The topological polar surface area (TPSA) is 51.2 Å². The number of rotatable bonds is 7. The second-order valence-electron chi connectivity index (χ2n) is 4.97. The van der Waals surface area contributed by atoms with Gasteiger partial charge in [0.1, 0.15) is 5.54 Å². The van der Waals surface area contributed by atoms with Crippen molar-refractivity contribution in [3.05, 3.63) is 24.3 Å². The molecule has 1 heterocycles. The highest BCUT2D eigenvalue weighted by molar-refractivity contribution is 8.01. The zero-order valence-corrected chi connectivity index (χ0v) is 14.1. The first kappa shape index (κ1) is 16.3. The summed E-state index contributed by atoms with van der Waals surface area (Å²) in [5.74, 6) is 0.726. The fourth-order valence-electron chi connectivity index (χ4n) is 2.05. The molecular formula is C15H20N2O2S2. The molecule has 1 atom stereocenters. The fourth-order valence-corrected chi connectivity index (χ4v) is 4.13. The van der Waals surface area contributed by atoms with E-state index in [-0.39, 0.29) is 5.97 Å². The number of fused-ring (bicyclic) bond motifs is 1. The van der Waals surface area contributed by atoms with Crippen LogP contribution in [-0.2, 0) is 9.53 Å². The maximum Gasteiger partial charge on any atom is 0.325 e. The molecular weight excluding hydrogens is 304 g/mol. The molecule has 0 spiro atoms. The molecule has 4 nitrogen and oxygen atoms in total. The summed E-state index contributed by atoms with van der Waals surface area (Å²) in [6.07, 6.45) is 1.67. The van der Waals surface area contributed by atoms with Crippen LogP contribution in [0.25, 0.3) is 10.2 Å². The minimum absolute atomic E-state index is 0.213. The van der Waals surface area contributed by atoms with Crippen molar-refractivity contribution in [2.75, 3.05) is 19.9 Å². The summed E-state index contributed by atoms with van der Waals surface area (Å²) in [7, 11) is 3.21. The summed E-state index contributed by atoms with van der Waals surface area (Å²) in [5.41, 5.74) is 0.447. The molecule has 0 aliphatic rings. The number of nitrogens with one attached hydrogen (secondary N) is 1. The van der Waals surface area contributed by atoms with Gasteiger partial charge in [0, 0.05) is 5.75 Å². The van der Waals surface area contributed by atoms with Crippen molar-refractivity contribution >= 4 is 39.3 Å². The molecule has 1 aromatic heterocycles. The van der Waals surface area contributed by atoms with E-state index in [1.165, 1.54) is 11.8 Å². The number of nitrogens with zero attached hydrogens (tertiary/aromatic N) is 1. The van der Waals surface area contributed by atoms with Gasteiger partial charge in [0.25, 0.3) is 0 Å². The third-order valence-corrected chi connectivity index (χ3v) is 5.77. The number of hydrogen-bond donors (Lipinski definition) is 1.